The zero-order valence-electron chi connectivity index (χ0n) is 18.2. The molecule has 1 aliphatic heterocycles. The van der Waals surface area contributed by atoms with Crippen LogP contribution in [0.5, 0.6) is 0 Å². The Bertz CT molecular complexity index is 1360. The van der Waals surface area contributed by atoms with E-state index in [0.29, 0.717) is 53.4 Å². The number of piperazine rings is 1. The van der Waals surface area contributed by atoms with Gasteiger partial charge < -0.3 is 9.80 Å². The lowest BCUT2D eigenvalue weighted by molar-refractivity contribution is 0.0751. The first-order chi connectivity index (χ1) is 16.0. The lowest BCUT2D eigenvalue weighted by atomic mass is 10.1. The van der Waals surface area contributed by atoms with Crippen LogP contribution in [0.3, 0.4) is 0 Å². The number of carbonyl (C=O) groups is 1. The molecule has 33 heavy (non-hydrogen) atoms. The van der Waals surface area contributed by atoms with Gasteiger partial charge in [0.05, 0.1) is 23.1 Å². The number of fused-ring (bicyclic) bond motifs is 1. The highest BCUT2D eigenvalue weighted by Crippen LogP contribution is 2.29. The van der Waals surface area contributed by atoms with Crippen molar-refractivity contribution in [3.05, 3.63) is 93.1 Å². The van der Waals surface area contributed by atoms with E-state index in [1.165, 1.54) is 23.5 Å². The number of rotatable bonds is 4. The molecule has 0 saturated carbocycles. The molecule has 0 spiro atoms. The fraction of sp³-hybridized carbons (Fsp3) is 0.240. The van der Waals surface area contributed by atoms with Crippen molar-refractivity contribution >= 4 is 33.1 Å². The van der Waals surface area contributed by atoms with E-state index in [2.05, 4.69) is 9.88 Å². The van der Waals surface area contributed by atoms with Crippen LogP contribution in [-0.2, 0) is 6.54 Å². The summed E-state index contributed by atoms with van der Waals surface area (Å²) in [6.07, 6.45) is 1.56. The summed E-state index contributed by atoms with van der Waals surface area (Å²) >= 11 is 1.28. The Kier molecular flexibility index (Phi) is 5.68. The van der Waals surface area contributed by atoms with E-state index in [4.69, 9.17) is 0 Å². The number of carbonyl (C=O) groups excluding carboxylic acids is 1. The molecule has 0 unspecified atom stereocenters. The molecule has 8 heteroatoms. The number of benzene rings is 2. The molecule has 5 rings (SSSR count). The van der Waals surface area contributed by atoms with Crippen LogP contribution in [0.25, 0.3) is 10.2 Å². The molecule has 2 aromatic carbocycles. The van der Waals surface area contributed by atoms with E-state index in [0.717, 1.165) is 11.3 Å². The molecular formula is C25H23FN4O2S. The highest BCUT2D eigenvalue weighted by Gasteiger charge is 2.27. The Hall–Kier alpha value is -3.52. The molecule has 1 amide bonds. The Morgan fingerprint density at radius 2 is 1.73 bits per heavy atom. The topological polar surface area (TPSA) is 58.4 Å². The molecule has 168 valence electrons. The molecule has 0 radical (unpaired) electrons. The third kappa shape index (κ3) is 4.14. The molecular weight excluding hydrogens is 439 g/mol. The summed E-state index contributed by atoms with van der Waals surface area (Å²) in [6, 6.07) is 16.2. The Balaban J connectivity index is 1.36. The van der Waals surface area contributed by atoms with Crippen LogP contribution in [0.4, 0.5) is 10.1 Å². The van der Waals surface area contributed by atoms with Gasteiger partial charge in [-0.05, 0) is 42.3 Å². The number of hydrogen-bond acceptors (Lipinski definition) is 5. The van der Waals surface area contributed by atoms with Crippen molar-refractivity contribution in [1.82, 2.24) is 14.5 Å². The molecule has 0 atom stereocenters. The zero-order chi connectivity index (χ0) is 22.9. The second-order valence-electron chi connectivity index (χ2n) is 8.16. The third-order valence-electron chi connectivity index (χ3n) is 6.07. The van der Waals surface area contributed by atoms with Gasteiger partial charge >= 0.3 is 0 Å². The van der Waals surface area contributed by atoms with Crippen molar-refractivity contribution < 1.29 is 9.18 Å². The molecule has 3 heterocycles. The largest absolute Gasteiger partial charge is 0.368 e. The number of amides is 1. The zero-order valence-corrected chi connectivity index (χ0v) is 19.0. The first-order valence-corrected chi connectivity index (χ1v) is 11.6. The van der Waals surface area contributed by atoms with Crippen LogP contribution in [0.15, 0.2) is 65.7 Å². The Labute approximate surface area is 194 Å². The van der Waals surface area contributed by atoms with Gasteiger partial charge in [-0.25, -0.2) is 9.37 Å². The number of hydrogen-bond donors (Lipinski definition) is 0. The van der Waals surface area contributed by atoms with Crippen LogP contribution in [0, 0.1) is 12.7 Å². The molecule has 0 bridgehead atoms. The maximum atomic E-state index is 13.3. The van der Waals surface area contributed by atoms with Crippen LogP contribution in [-0.4, -0.2) is 46.5 Å². The molecule has 1 aliphatic rings. The van der Waals surface area contributed by atoms with Gasteiger partial charge in [-0.15, -0.1) is 11.3 Å². The summed E-state index contributed by atoms with van der Waals surface area (Å²) in [5.74, 6) is -0.326. The quantitative estimate of drug-likeness (QED) is 0.461. The van der Waals surface area contributed by atoms with Gasteiger partial charge in [0.1, 0.15) is 10.6 Å². The van der Waals surface area contributed by atoms with Crippen LogP contribution >= 0.6 is 11.3 Å². The first-order valence-electron chi connectivity index (χ1n) is 10.8. The molecule has 0 aliphatic carbocycles. The number of thiophene rings is 1. The maximum absolute atomic E-state index is 13.3. The number of aromatic nitrogens is 2. The molecule has 1 saturated heterocycles. The first kappa shape index (κ1) is 21.3. The highest BCUT2D eigenvalue weighted by molar-refractivity contribution is 7.20. The molecule has 1 fully saturated rings. The van der Waals surface area contributed by atoms with Gasteiger partial charge in [0.15, 0.2) is 0 Å². The van der Waals surface area contributed by atoms with Gasteiger partial charge in [-0.2, -0.15) is 0 Å². The van der Waals surface area contributed by atoms with Crippen molar-refractivity contribution in [3.8, 4) is 0 Å². The van der Waals surface area contributed by atoms with Gasteiger partial charge in [-0.3, -0.25) is 14.2 Å². The summed E-state index contributed by atoms with van der Waals surface area (Å²) in [6.45, 7) is 4.74. The van der Waals surface area contributed by atoms with E-state index in [1.54, 1.807) is 23.0 Å². The second-order valence-corrected chi connectivity index (χ2v) is 9.15. The SMILES string of the molecule is Cc1c(C(=O)N2CCN(c3ccc(F)cc3)CC2)sc2ncn(Cc3ccccc3)c(=O)c12. The molecule has 0 N–H and O–H groups in total. The predicted octanol–water partition coefficient (Wildman–Crippen LogP) is 3.92. The summed E-state index contributed by atoms with van der Waals surface area (Å²) in [4.78, 5) is 36.1. The summed E-state index contributed by atoms with van der Waals surface area (Å²) in [7, 11) is 0. The minimum absolute atomic E-state index is 0.0664. The van der Waals surface area contributed by atoms with E-state index in [9.17, 15) is 14.0 Å². The number of aryl methyl sites for hydroxylation is 1. The van der Waals surface area contributed by atoms with Gasteiger partial charge in [0, 0.05) is 31.9 Å². The van der Waals surface area contributed by atoms with E-state index >= 15 is 0 Å². The lowest BCUT2D eigenvalue weighted by Gasteiger charge is -2.36. The highest BCUT2D eigenvalue weighted by atomic mass is 32.1. The molecule has 2 aromatic heterocycles. The lowest BCUT2D eigenvalue weighted by Crippen LogP contribution is -2.48. The van der Waals surface area contributed by atoms with Crippen LogP contribution < -0.4 is 10.5 Å². The fourth-order valence-corrected chi connectivity index (χ4v) is 5.33. The Morgan fingerprint density at radius 1 is 1.03 bits per heavy atom. The van der Waals surface area contributed by atoms with E-state index in [-0.39, 0.29) is 17.3 Å². The Morgan fingerprint density at radius 3 is 2.42 bits per heavy atom. The van der Waals surface area contributed by atoms with Crippen LogP contribution in [0.2, 0.25) is 0 Å². The minimum atomic E-state index is -0.260. The van der Waals surface area contributed by atoms with Gasteiger partial charge in [-0.1, -0.05) is 30.3 Å². The number of anilines is 1. The van der Waals surface area contributed by atoms with Crippen molar-refractivity contribution in [2.24, 2.45) is 0 Å². The second kappa shape index (κ2) is 8.78. The van der Waals surface area contributed by atoms with Crippen LogP contribution in [0.1, 0.15) is 20.8 Å². The van der Waals surface area contributed by atoms with E-state index < -0.39 is 0 Å². The normalized spacial score (nSPS) is 14.1. The molecule has 4 aromatic rings. The summed E-state index contributed by atoms with van der Waals surface area (Å²) in [5.41, 5.74) is 2.53. The number of nitrogens with zero attached hydrogens (tertiary/aromatic N) is 4. The minimum Gasteiger partial charge on any atom is -0.368 e. The van der Waals surface area contributed by atoms with E-state index in [1.807, 2.05) is 42.2 Å². The average molecular weight is 463 g/mol. The fourth-order valence-electron chi connectivity index (χ4n) is 4.22. The number of halogens is 1. The van der Waals surface area contributed by atoms with Crippen molar-refractivity contribution in [2.75, 3.05) is 31.1 Å². The average Bonchev–Trinajstić information content (AvgIpc) is 3.19. The monoisotopic (exact) mass is 462 g/mol. The van der Waals surface area contributed by atoms with Gasteiger partial charge in [0.2, 0.25) is 0 Å². The van der Waals surface area contributed by atoms with Crippen molar-refractivity contribution in [1.29, 1.82) is 0 Å². The summed E-state index contributed by atoms with van der Waals surface area (Å²) < 4.78 is 14.8. The molecule has 6 nitrogen and oxygen atoms in total. The van der Waals surface area contributed by atoms with Crippen molar-refractivity contribution in [3.63, 3.8) is 0 Å². The third-order valence-corrected chi connectivity index (χ3v) is 7.25. The standard InChI is InChI=1S/C25H23FN4O2S/c1-17-21-23(27-16-30(24(21)31)15-18-5-3-2-4-6-18)33-22(17)25(32)29-13-11-28(12-14-29)20-9-7-19(26)8-10-20/h2-10,16H,11-15H2,1H3. The van der Waals surface area contributed by atoms with Crippen molar-refractivity contribution in [2.45, 2.75) is 13.5 Å². The maximum Gasteiger partial charge on any atom is 0.264 e. The summed E-state index contributed by atoms with van der Waals surface area (Å²) in [5, 5.41) is 0.520. The smallest absolute Gasteiger partial charge is 0.264 e. The predicted molar refractivity (Wildman–Crippen MR) is 129 cm³/mol. The van der Waals surface area contributed by atoms with Gasteiger partial charge in [0.25, 0.3) is 11.5 Å².